The Morgan fingerprint density at radius 1 is 1.13 bits per heavy atom. The molecule has 0 spiro atoms. The smallest absolute Gasteiger partial charge is 0.219 e. The van der Waals surface area contributed by atoms with E-state index in [1.807, 2.05) is 20.0 Å². The maximum absolute atomic E-state index is 12.2. The van der Waals surface area contributed by atoms with Gasteiger partial charge >= 0.3 is 0 Å². The molecule has 1 aromatic heterocycles. The van der Waals surface area contributed by atoms with Crippen LogP contribution in [0.15, 0.2) is 24.5 Å². The van der Waals surface area contributed by atoms with Crippen LogP contribution in [-0.2, 0) is 4.79 Å². The zero-order valence-corrected chi connectivity index (χ0v) is 20.3. The Hall–Kier alpha value is -1.84. The molecule has 5 rings (SSSR count). The number of hydrogen-bond acceptors (Lipinski definition) is 3. The van der Waals surface area contributed by atoms with Crippen molar-refractivity contribution in [1.82, 2.24) is 9.88 Å². The molecule has 4 heteroatoms. The summed E-state index contributed by atoms with van der Waals surface area (Å²) in [4.78, 5) is 18.8. The van der Waals surface area contributed by atoms with Gasteiger partial charge in [0, 0.05) is 25.7 Å². The van der Waals surface area contributed by atoms with Crippen molar-refractivity contribution in [2.45, 2.75) is 79.2 Å². The molecule has 0 bridgehead atoms. The number of allylic oxidation sites excluding steroid dienone is 2. The molecule has 31 heavy (non-hydrogen) atoms. The number of carbonyl (C=O) groups excluding carboxylic acids is 1. The molecule has 2 saturated carbocycles. The molecule has 170 valence electrons. The van der Waals surface area contributed by atoms with E-state index in [2.05, 4.69) is 35.9 Å². The molecule has 1 aromatic rings. The van der Waals surface area contributed by atoms with Crippen molar-refractivity contribution in [2.75, 3.05) is 13.7 Å². The van der Waals surface area contributed by atoms with Crippen LogP contribution in [0.5, 0.6) is 5.75 Å². The molecule has 6 atom stereocenters. The van der Waals surface area contributed by atoms with Gasteiger partial charge in [0.2, 0.25) is 5.91 Å². The molecule has 1 amide bonds. The first-order chi connectivity index (χ1) is 14.9. The highest BCUT2D eigenvalue weighted by atomic mass is 16.5. The third-order valence-corrected chi connectivity index (χ3v) is 9.33. The molecule has 3 aliphatic carbocycles. The Labute approximate surface area is 188 Å². The predicted octanol–water partition coefficient (Wildman–Crippen LogP) is 5.97. The summed E-state index contributed by atoms with van der Waals surface area (Å²) in [5.74, 6) is 3.35. The average molecular weight is 425 g/mol. The monoisotopic (exact) mass is 424 g/mol. The number of methoxy groups -OCH3 is 1. The number of ether oxygens (including phenoxy) is 1. The van der Waals surface area contributed by atoms with Crippen LogP contribution in [0.2, 0.25) is 0 Å². The van der Waals surface area contributed by atoms with E-state index in [1.165, 1.54) is 49.7 Å². The van der Waals surface area contributed by atoms with E-state index in [0.29, 0.717) is 17.4 Å². The van der Waals surface area contributed by atoms with Crippen molar-refractivity contribution in [3.05, 3.63) is 30.1 Å². The molecular weight excluding hydrogens is 384 g/mol. The fourth-order valence-electron chi connectivity index (χ4n) is 7.89. The number of amides is 1. The summed E-state index contributed by atoms with van der Waals surface area (Å²) in [6.45, 7) is 11.7. The van der Waals surface area contributed by atoms with Crippen molar-refractivity contribution in [2.24, 2.45) is 28.6 Å². The van der Waals surface area contributed by atoms with E-state index >= 15 is 0 Å². The number of fused-ring (bicyclic) bond motifs is 5. The van der Waals surface area contributed by atoms with E-state index in [-0.39, 0.29) is 11.3 Å². The fraction of sp³-hybridized carbons (Fsp3) is 0.704. The Morgan fingerprint density at radius 2 is 1.90 bits per heavy atom. The summed E-state index contributed by atoms with van der Waals surface area (Å²) in [7, 11) is 1.71. The van der Waals surface area contributed by atoms with E-state index in [1.54, 1.807) is 20.2 Å². The Kier molecular flexibility index (Phi) is 5.95. The van der Waals surface area contributed by atoms with Gasteiger partial charge in [-0.3, -0.25) is 9.78 Å². The van der Waals surface area contributed by atoms with Crippen LogP contribution in [0.1, 0.15) is 78.7 Å². The average Bonchev–Trinajstić information content (AvgIpc) is 3.32. The summed E-state index contributed by atoms with van der Waals surface area (Å²) in [5.41, 5.74) is 3.25. The van der Waals surface area contributed by atoms with Crippen LogP contribution in [0.4, 0.5) is 0 Å². The second-order valence-electron chi connectivity index (χ2n) is 10.4. The largest absolute Gasteiger partial charge is 0.495 e. The van der Waals surface area contributed by atoms with Crippen LogP contribution in [0, 0.1) is 28.6 Å². The highest BCUT2D eigenvalue weighted by Crippen LogP contribution is 2.66. The lowest BCUT2D eigenvalue weighted by molar-refractivity contribution is -0.134. The van der Waals surface area contributed by atoms with E-state index in [9.17, 15) is 4.79 Å². The van der Waals surface area contributed by atoms with E-state index in [0.717, 1.165) is 24.1 Å². The third kappa shape index (κ3) is 3.32. The number of nitrogens with zero attached hydrogens (tertiary/aromatic N) is 2. The summed E-state index contributed by atoms with van der Waals surface area (Å²) in [6.07, 6.45) is 13.6. The van der Waals surface area contributed by atoms with Gasteiger partial charge < -0.3 is 9.64 Å². The summed E-state index contributed by atoms with van der Waals surface area (Å²) in [5, 5.41) is 0. The quantitative estimate of drug-likeness (QED) is 0.587. The lowest BCUT2D eigenvalue weighted by Crippen LogP contribution is -2.54. The molecule has 3 fully saturated rings. The van der Waals surface area contributed by atoms with Crippen molar-refractivity contribution in [3.63, 3.8) is 0 Å². The molecule has 4 nitrogen and oxygen atoms in total. The lowest BCUT2D eigenvalue weighted by atomic mass is 9.48. The fourth-order valence-corrected chi connectivity index (χ4v) is 7.89. The first-order valence-electron chi connectivity index (χ1n) is 12.4. The minimum Gasteiger partial charge on any atom is -0.495 e. The van der Waals surface area contributed by atoms with Gasteiger partial charge in [0.25, 0.3) is 0 Å². The van der Waals surface area contributed by atoms with Gasteiger partial charge in [0.05, 0.1) is 13.3 Å². The van der Waals surface area contributed by atoms with Crippen LogP contribution < -0.4 is 4.74 Å². The van der Waals surface area contributed by atoms with Crippen molar-refractivity contribution < 1.29 is 9.53 Å². The molecule has 0 N–H and O–H groups in total. The second kappa shape index (κ2) is 8.26. The maximum atomic E-state index is 12.2. The summed E-state index contributed by atoms with van der Waals surface area (Å²) >= 11 is 0. The van der Waals surface area contributed by atoms with Crippen molar-refractivity contribution in [1.29, 1.82) is 0 Å². The van der Waals surface area contributed by atoms with Gasteiger partial charge in [-0.2, -0.15) is 0 Å². The SMILES string of the molecule is CC.COc1cncc(C2=CC[C@H]3C4CCC5N(C(C)=O)CCC5(C)C4CCC23C)c1. The second-order valence-corrected chi connectivity index (χ2v) is 10.4. The number of likely N-dealkylation sites (tertiary alicyclic amines) is 1. The number of pyridine rings is 1. The van der Waals surface area contributed by atoms with Crippen molar-refractivity contribution in [3.8, 4) is 5.75 Å². The first kappa shape index (κ1) is 22.4. The van der Waals surface area contributed by atoms with Gasteiger partial charge in [0.15, 0.2) is 0 Å². The van der Waals surface area contributed by atoms with Crippen LogP contribution in [0.25, 0.3) is 5.57 Å². The molecule has 1 saturated heterocycles. The van der Waals surface area contributed by atoms with Gasteiger partial charge in [0.1, 0.15) is 5.75 Å². The van der Waals surface area contributed by atoms with Crippen LogP contribution >= 0.6 is 0 Å². The van der Waals surface area contributed by atoms with Gasteiger partial charge in [-0.25, -0.2) is 0 Å². The minimum atomic E-state index is 0.233. The summed E-state index contributed by atoms with van der Waals surface area (Å²) in [6, 6.07) is 2.61. The standard InChI is InChI=1S/C25H34N2O2.C2H6/c1-16(28)27-12-11-25(3)22-9-10-24(2)20(17-13-18(29-4)15-26-14-17)6-7-21(24)19(22)5-8-23(25)27;1-2/h6,13-15,19,21-23H,5,7-12H2,1-4H3;1-2H3/t19?,21-,22?,23?,24?,25?;/m0./s1. The third-order valence-electron chi connectivity index (χ3n) is 9.33. The molecule has 2 heterocycles. The summed E-state index contributed by atoms with van der Waals surface area (Å²) < 4.78 is 5.44. The minimum absolute atomic E-state index is 0.233. The normalized spacial score (nSPS) is 38.3. The zero-order valence-electron chi connectivity index (χ0n) is 20.3. The number of hydrogen-bond donors (Lipinski definition) is 0. The van der Waals surface area contributed by atoms with E-state index < -0.39 is 0 Å². The number of rotatable bonds is 2. The number of carbonyl (C=O) groups is 1. The molecule has 0 radical (unpaired) electrons. The van der Waals surface area contributed by atoms with Crippen LogP contribution in [-0.4, -0.2) is 35.5 Å². The predicted molar refractivity (Wildman–Crippen MR) is 126 cm³/mol. The number of aromatic nitrogens is 1. The van der Waals surface area contributed by atoms with Crippen molar-refractivity contribution >= 4 is 11.5 Å². The van der Waals surface area contributed by atoms with Gasteiger partial charge in [-0.15, -0.1) is 0 Å². The highest BCUT2D eigenvalue weighted by Gasteiger charge is 2.60. The highest BCUT2D eigenvalue weighted by molar-refractivity contribution is 5.74. The van der Waals surface area contributed by atoms with Gasteiger partial charge in [-0.1, -0.05) is 33.8 Å². The van der Waals surface area contributed by atoms with Gasteiger partial charge in [-0.05, 0) is 84.3 Å². The molecule has 1 aliphatic heterocycles. The molecule has 4 aliphatic rings. The lowest BCUT2D eigenvalue weighted by Gasteiger charge is -2.57. The maximum Gasteiger partial charge on any atom is 0.219 e. The first-order valence-corrected chi connectivity index (χ1v) is 12.4. The van der Waals surface area contributed by atoms with Crippen LogP contribution in [0.3, 0.4) is 0 Å². The Bertz CT molecular complexity index is 865. The zero-order chi connectivity index (χ0) is 22.4. The topological polar surface area (TPSA) is 42.4 Å². The molecule has 5 unspecified atom stereocenters. The Balaban J connectivity index is 0.00000112. The molecule has 0 aromatic carbocycles. The molecular formula is C27H40N2O2. The van der Waals surface area contributed by atoms with E-state index in [4.69, 9.17) is 4.74 Å². The Morgan fingerprint density at radius 3 is 2.61 bits per heavy atom.